The van der Waals surface area contributed by atoms with Crippen molar-refractivity contribution in [1.82, 2.24) is 14.8 Å². The third kappa shape index (κ3) is 3.39. The smallest absolute Gasteiger partial charge is 0.272 e. The van der Waals surface area contributed by atoms with E-state index in [1.807, 2.05) is 4.90 Å². The van der Waals surface area contributed by atoms with Crippen LogP contribution in [0.15, 0.2) is 23.1 Å². The standard InChI is InChI=1S/C16H20N6O4S/c17-27(25,26)14-8-12(7-13(9-14)22(23)24)20-5-1-3-11(10-20)16-19-18-15-4-2-6-21(15)16/h7-9,11H,1-6,10H2,(H2,17,25,26). The van der Waals surface area contributed by atoms with Gasteiger partial charge in [0, 0.05) is 49.8 Å². The highest BCUT2D eigenvalue weighted by atomic mass is 32.2. The highest BCUT2D eigenvalue weighted by molar-refractivity contribution is 7.89. The maximum atomic E-state index is 11.7. The topological polar surface area (TPSA) is 137 Å². The minimum atomic E-state index is -4.04. The summed E-state index contributed by atoms with van der Waals surface area (Å²) in [4.78, 5) is 12.3. The molecule has 4 rings (SSSR count). The summed E-state index contributed by atoms with van der Waals surface area (Å²) in [5.74, 6) is 2.11. The summed E-state index contributed by atoms with van der Waals surface area (Å²) in [5, 5.41) is 25.0. The fraction of sp³-hybridized carbons (Fsp3) is 0.500. The Kier molecular flexibility index (Phi) is 4.35. The van der Waals surface area contributed by atoms with Crippen LogP contribution in [0.25, 0.3) is 0 Å². The maximum absolute atomic E-state index is 11.7. The van der Waals surface area contributed by atoms with Gasteiger partial charge in [-0.3, -0.25) is 10.1 Å². The number of primary sulfonamides is 1. The Morgan fingerprint density at radius 1 is 1.19 bits per heavy atom. The second-order valence-electron chi connectivity index (χ2n) is 7.00. The van der Waals surface area contributed by atoms with Gasteiger partial charge in [-0.1, -0.05) is 0 Å². The molecule has 2 aliphatic heterocycles. The quantitative estimate of drug-likeness (QED) is 0.609. The molecule has 1 saturated heterocycles. The van der Waals surface area contributed by atoms with E-state index >= 15 is 0 Å². The lowest BCUT2D eigenvalue weighted by atomic mass is 9.96. The van der Waals surface area contributed by atoms with Crippen molar-refractivity contribution < 1.29 is 13.3 Å². The number of non-ortho nitro benzene ring substituents is 1. The number of anilines is 1. The molecule has 2 aliphatic rings. The lowest BCUT2D eigenvalue weighted by Crippen LogP contribution is -2.35. The molecule has 2 aromatic rings. The van der Waals surface area contributed by atoms with E-state index in [2.05, 4.69) is 14.8 Å². The van der Waals surface area contributed by atoms with Crippen LogP contribution >= 0.6 is 0 Å². The normalized spacial score (nSPS) is 19.9. The highest BCUT2D eigenvalue weighted by Gasteiger charge is 2.29. The van der Waals surface area contributed by atoms with Crippen LogP contribution in [-0.2, 0) is 23.0 Å². The number of benzene rings is 1. The SMILES string of the molecule is NS(=O)(=O)c1cc(N2CCCC(c3nnc4n3CCC4)C2)cc([N+](=O)[O-])c1. The molecule has 1 aromatic heterocycles. The predicted octanol–water partition coefficient (Wildman–Crippen LogP) is 1.16. The van der Waals surface area contributed by atoms with Crippen LogP contribution < -0.4 is 10.0 Å². The Bertz CT molecular complexity index is 1000. The lowest BCUT2D eigenvalue weighted by molar-refractivity contribution is -0.385. The molecule has 1 aromatic carbocycles. The maximum Gasteiger partial charge on any atom is 0.272 e. The van der Waals surface area contributed by atoms with Gasteiger partial charge in [0.05, 0.1) is 9.82 Å². The number of aromatic nitrogens is 3. The van der Waals surface area contributed by atoms with E-state index in [0.717, 1.165) is 49.9 Å². The summed E-state index contributed by atoms with van der Waals surface area (Å²) in [7, 11) is -4.04. The summed E-state index contributed by atoms with van der Waals surface area (Å²) in [6, 6.07) is 3.79. The number of sulfonamides is 1. The van der Waals surface area contributed by atoms with Crippen LogP contribution in [0.5, 0.6) is 0 Å². The molecule has 144 valence electrons. The average molecular weight is 392 g/mol. The van der Waals surface area contributed by atoms with Gasteiger partial charge in [0.25, 0.3) is 5.69 Å². The molecule has 1 unspecified atom stereocenters. The number of rotatable bonds is 4. The number of nitro groups is 1. The van der Waals surface area contributed by atoms with Crippen LogP contribution in [0.3, 0.4) is 0 Å². The second-order valence-corrected chi connectivity index (χ2v) is 8.56. The second kappa shape index (κ2) is 6.57. The number of nitro benzene ring substituents is 1. The molecule has 0 amide bonds. The number of hydrogen-bond acceptors (Lipinski definition) is 7. The number of aryl methyl sites for hydroxylation is 1. The Morgan fingerprint density at radius 3 is 2.74 bits per heavy atom. The first-order chi connectivity index (χ1) is 12.8. The van der Waals surface area contributed by atoms with Gasteiger partial charge in [-0.2, -0.15) is 0 Å². The molecule has 27 heavy (non-hydrogen) atoms. The van der Waals surface area contributed by atoms with E-state index in [0.29, 0.717) is 18.8 Å². The van der Waals surface area contributed by atoms with Gasteiger partial charge in [0.2, 0.25) is 10.0 Å². The fourth-order valence-corrected chi connectivity index (χ4v) is 4.49. The van der Waals surface area contributed by atoms with Gasteiger partial charge in [0.1, 0.15) is 11.6 Å². The molecule has 2 N–H and O–H groups in total. The average Bonchev–Trinajstić information content (AvgIpc) is 3.24. The predicted molar refractivity (Wildman–Crippen MR) is 97.0 cm³/mol. The third-order valence-corrected chi connectivity index (χ3v) is 6.10. The van der Waals surface area contributed by atoms with E-state index in [-0.39, 0.29) is 16.5 Å². The van der Waals surface area contributed by atoms with Crippen molar-refractivity contribution in [3.63, 3.8) is 0 Å². The van der Waals surface area contributed by atoms with Gasteiger partial charge < -0.3 is 9.47 Å². The fourth-order valence-electron chi connectivity index (χ4n) is 3.92. The van der Waals surface area contributed by atoms with Gasteiger partial charge >= 0.3 is 0 Å². The minimum absolute atomic E-state index is 0.148. The summed E-state index contributed by atoms with van der Waals surface area (Å²) >= 11 is 0. The van der Waals surface area contributed by atoms with E-state index in [9.17, 15) is 18.5 Å². The summed E-state index contributed by atoms with van der Waals surface area (Å²) in [6.45, 7) is 2.20. The summed E-state index contributed by atoms with van der Waals surface area (Å²) < 4.78 is 25.6. The monoisotopic (exact) mass is 392 g/mol. The molecular formula is C16H20N6O4S. The van der Waals surface area contributed by atoms with E-state index < -0.39 is 14.9 Å². The zero-order chi connectivity index (χ0) is 19.2. The molecule has 11 heteroatoms. The van der Waals surface area contributed by atoms with Crippen LogP contribution in [0.4, 0.5) is 11.4 Å². The minimum Gasteiger partial charge on any atom is -0.371 e. The van der Waals surface area contributed by atoms with Crippen molar-refractivity contribution in [1.29, 1.82) is 0 Å². The van der Waals surface area contributed by atoms with E-state index in [4.69, 9.17) is 5.14 Å². The van der Waals surface area contributed by atoms with Crippen molar-refractivity contribution in [3.05, 3.63) is 40.0 Å². The molecule has 0 aliphatic carbocycles. The summed E-state index contributed by atoms with van der Waals surface area (Å²) in [5.41, 5.74) is 0.195. The molecule has 0 bridgehead atoms. The Hall–Kier alpha value is -2.53. The van der Waals surface area contributed by atoms with Gasteiger partial charge in [-0.15, -0.1) is 10.2 Å². The van der Waals surface area contributed by atoms with Crippen molar-refractivity contribution in [3.8, 4) is 0 Å². The molecule has 1 fully saturated rings. The molecule has 3 heterocycles. The van der Waals surface area contributed by atoms with Gasteiger partial charge in [-0.25, -0.2) is 13.6 Å². The number of nitrogens with two attached hydrogens (primary N) is 1. The lowest BCUT2D eigenvalue weighted by Gasteiger charge is -2.34. The molecule has 10 nitrogen and oxygen atoms in total. The molecule has 0 spiro atoms. The largest absolute Gasteiger partial charge is 0.371 e. The third-order valence-electron chi connectivity index (χ3n) is 5.21. The highest BCUT2D eigenvalue weighted by Crippen LogP contribution is 2.33. The first kappa shape index (κ1) is 17.9. The van der Waals surface area contributed by atoms with Crippen molar-refractivity contribution in [2.24, 2.45) is 5.14 Å². The van der Waals surface area contributed by atoms with Crippen molar-refractivity contribution in [2.45, 2.75) is 43.0 Å². The summed E-state index contributed by atoms with van der Waals surface area (Å²) in [6.07, 6.45) is 3.83. The van der Waals surface area contributed by atoms with Crippen LogP contribution in [0.1, 0.15) is 36.8 Å². The number of hydrogen-bond donors (Lipinski definition) is 1. The van der Waals surface area contributed by atoms with Crippen molar-refractivity contribution >= 4 is 21.4 Å². The molecular weight excluding hydrogens is 372 g/mol. The zero-order valence-corrected chi connectivity index (χ0v) is 15.4. The van der Waals surface area contributed by atoms with Crippen molar-refractivity contribution in [2.75, 3.05) is 18.0 Å². The number of fused-ring (bicyclic) bond motifs is 1. The van der Waals surface area contributed by atoms with Gasteiger partial charge in [0.15, 0.2) is 0 Å². The Morgan fingerprint density at radius 2 is 2.00 bits per heavy atom. The number of piperidine rings is 1. The molecule has 0 radical (unpaired) electrons. The Labute approximate surface area is 156 Å². The Balaban J connectivity index is 1.66. The van der Waals surface area contributed by atoms with Crippen LogP contribution in [0.2, 0.25) is 0 Å². The first-order valence-corrected chi connectivity index (χ1v) is 10.4. The number of nitrogens with zero attached hydrogens (tertiary/aromatic N) is 5. The van der Waals surface area contributed by atoms with Crippen LogP contribution in [0, 0.1) is 10.1 Å². The molecule has 1 atom stereocenters. The zero-order valence-electron chi connectivity index (χ0n) is 14.6. The van der Waals surface area contributed by atoms with E-state index in [1.165, 1.54) is 12.1 Å². The van der Waals surface area contributed by atoms with Crippen LogP contribution in [-0.4, -0.2) is 41.2 Å². The first-order valence-electron chi connectivity index (χ1n) is 8.82. The molecule has 0 saturated carbocycles. The van der Waals surface area contributed by atoms with E-state index in [1.54, 1.807) is 0 Å². The van der Waals surface area contributed by atoms with Gasteiger partial charge in [-0.05, 0) is 25.3 Å².